The molecule has 0 radical (unpaired) electrons. The monoisotopic (exact) mass is 410 g/mol. The molecule has 6 nitrogen and oxygen atoms in total. The Bertz CT molecular complexity index is 1240. The number of rotatable bonds is 4. The molecule has 4 aromatic rings. The van der Waals surface area contributed by atoms with Crippen LogP contribution in [0.25, 0.3) is 10.9 Å². The summed E-state index contributed by atoms with van der Waals surface area (Å²) < 4.78 is 46.6. The van der Waals surface area contributed by atoms with E-state index in [0.29, 0.717) is 17.0 Å². The Morgan fingerprint density at radius 1 is 0.833 bits per heavy atom. The first-order valence-corrected chi connectivity index (χ1v) is 8.70. The first-order chi connectivity index (χ1) is 14.5. The van der Waals surface area contributed by atoms with Crippen molar-refractivity contribution in [1.82, 2.24) is 9.97 Å². The molecule has 0 bridgehead atoms. The maximum Gasteiger partial charge on any atom is 0.323 e. The lowest BCUT2D eigenvalue weighted by molar-refractivity contribution is 0.262. The van der Waals surface area contributed by atoms with E-state index in [0.717, 1.165) is 18.2 Å². The van der Waals surface area contributed by atoms with Crippen LogP contribution < -0.4 is 15.4 Å². The zero-order chi connectivity index (χ0) is 21.1. The van der Waals surface area contributed by atoms with E-state index < -0.39 is 23.5 Å². The van der Waals surface area contributed by atoms with Crippen molar-refractivity contribution in [2.45, 2.75) is 0 Å². The molecule has 1 aromatic heterocycles. The summed E-state index contributed by atoms with van der Waals surface area (Å²) in [5.41, 5.74) is 0.269. The molecule has 0 fully saturated rings. The van der Waals surface area contributed by atoms with Crippen molar-refractivity contribution < 1.29 is 22.7 Å². The molecule has 3 aromatic carbocycles. The van der Waals surface area contributed by atoms with Gasteiger partial charge in [0.1, 0.15) is 29.5 Å². The van der Waals surface area contributed by atoms with Crippen molar-refractivity contribution >= 4 is 28.3 Å². The summed E-state index contributed by atoms with van der Waals surface area (Å²) in [6.45, 7) is 0. The number of hydrogen-bond acceptors (Lipinski definition) is 4. The van der Waals surface area contributed by atoms with E-state index in [1.807, 2.05) is 6.07 Å². The number of aromatic nitrogens is 2. The topological polar surface area (TPSA) is 76.1 Å². The van der Waals surface area contributed by atoms with E-state index in [9.17, 15) is 18.0 Å². The average Bonchev–Trinajstić information content (AvgIpc) is 2.72. The average molecular weight is 410 g/mol. The molecule has 0 spiro atoms. The number of nitrogens with zero attached hydrogens (tertiary/aromatic N) is 2. The maximum atomic E-state index is 14.4. The van der Waals surface area contributed by atoms with Gasteiger partial charge >= 0.3 is 6.03 Å². The number of urea groups is 1. The van der Waals surface area contributed by atoms with Crippen LogP contribution in [0, 0.1) is 17.5 Å². The van der Waals surface area contributed by atoms with Gasteiger partial charge in [0.25, 0.3) is 0 Å². The Hall–Kier alpha value is -4.14. The molecular weight excluding hydrogens is 397 g/mol. The summed E-state index contributed by atoms with van der Waals surface area (Å²) in [4.78, 5) is 20.2. The van der Waals surface area contributed by atoms with Gasteiger partial charge in [-0.2, -0.15) is 0 Å². The molecule has 0 atom stereocenters. The highest BCUT2D eigenvalue weighted by Crippen LogP contribution is 2.28. The number of amides is 2. The number of nitrogens with one attached hydrogen (secondary N) is 2. The molecule has 0 aliphatic heterocycles. The summed E-state index contributed by atoms with van der Waals surface area (Å²) in [6, 6.07) is 12.8. The second kappa shape index (κ2) is 8.08. The van der Waals surface area contributed by atoms with E-state index in [4.69, 9.17) is 4.74 Å². The van der Waals surface area contributed by atoms with Gasteiger partial charge in [-0.3, -0.25) is 0 Å². The fourth-order valence-electron chi connectivity index (χ4n) is 2.70. The van der Waals surface area contributed by atoms with Gasteiger partial charge in [-0.15, -0.1) is 0 Å². The van der Waals surface area contributed by atoms with Crippen molar-refractivity contribution in [2.24, 2.45) is 0 Å². The van der Waals surface area contributed by atoms with Crippen LogP contribution in [-0.2, 0) is 0 Å². The number of para-hydroxylation sites is 1. The van der Waals surface area contributed by atoms with E-state index >= 15 is 0 Å². The molecule has 0 unspecified atom stereocenters. The molecule has 9 heteroatoms. The minimum absolute atomic E-state index is 0.157. The Balaban J connectivity index is 1.48. The summed E-state index contributed by atoms with van der Waals surface area (Å²) in [5, 5.41) is 5.09. The number of halogens is 3. The first kappa shape index (κ1) is 19.2. The summed E-state index contributed by atoms with van der Waals surface area (Å²) >= 11 is 0. The van der Waals surface area contributed by atoms with Gasteiger partial charge in [0, 0.05) is 12.1 Å². The van der Waals surface area contributed by atoms with Crippen LogP contribution in [0.3, 0.4) is 0 Å². The Kier molecular flexibility index (Phi) is 5.17. The van der Waals surface area contributed by atoms with Crippen LogP contribution in [0.5, 0.6) is 11.6 Å². The second-order valence-corrected chi connectivity index (χ2v) is 6.14. The molecule has 150 valence electrons. The number of benzene rings is 3. The van der Waals surface area contributed by atoms with E-state index in [2.05, 4.69) is 20.6 Å². The van der Waals surface area contributed by atoms with Gasteiger partial charge in [-0.1, -0.05) is 12.1 Å². The SMILES string of the molecule is O=C(Nc1ccc(F)cc1F)Nc1ccc(Oc2ncnc3ccccc23)cc1F. The lowest BCUT2D eigenvalue weighted by Gasteiger charge is -2.11. The smallest absolute Gasteiger partial charge is 0.323 e. The standard InChI is InChI=1S/C21H13F3N4O2/c22-12-5-7-18(15(23)9-12)27-21(29)28-19-8-6-13(10-16(19)24)30-20-14-3-1-2-4-17(14)25-11-26-20/h1-11H,(H2,27,28,29). The van der Waals surface area contributed by atoms with E-state index in [1.165, 1.54) is 18.5 Å². The fraction of sp³-hybridized carbons (Fsp3) is 0. The van der Waals surface area contributed by atoms with E-state index in [1.54, 1.807) is 18.2 Å². The summed E-state index contributed by atoms with van der Waals surface area (Å²) in [7, 11) is 0. The predicted octanol–water partition coefficient (Wildman–Crippen LogP) is 5.48. The quantitative estimate of drug-likeness (QED) is 0.467. The minimum atomic E-state index is -0.952. The van der Waals surface area contributed by atoms with Crippen molar-refractivity contribution in [3.8, 4) is 11.6 Å². The zero-order valence-electron chi connectivity index (χ0n) is 15.2. The predicted molar refractivity (Wildman–Crippen MR) is 105 cm³/mol. The molecule has 0 aliphatic carbocycles. The maximum absolute atomic E-state index is 14.4. The number of fused-ring (bicyclic) bond motifs is 1. The van der Waals surface area contributed by atoms with Gasteiger partial charge in [0.2, 0.25) is 5.88 Å². The molecule has 2 amide bonds. The molecule has 1 heterocycles. The molecule has 0 aliphatic rings. The zero-order valence-corrected chi connectivity index (χ0v) is 15.2. The lowest BCUT2D eigenvalue weighted by atomic mass is 10.2. The molecular formula is C21H13F3N4O2. The highest BCUT2D eigenvalue weighted by molar-refractivity contribution is 5.99. The van der Waals surface area contributed by atoms with Crippen molar-refractivity contribution in [3.05, 3.63) is 84.4 Å². The van der Waals surface area contributed by atoms with Crippen LogP contribution in [-0.4, -0.2) is 16.0 Å². The van der Waals surface area contributed by atoms with Gasteiger partial charge in [-0.05, 0) is 36.4 Å². The lowest BCUT2D eigenvalue weighted by Crippen LogP contribution is -2.20. The van der Waals surface area contributed by atoms with Crippen LogP contribution in [0.15, 0.2) is 67.0 Å². The number of carbonyl (C=O) groups excluding carboxylic acids is 1. The number of carbonyl (C=O) groups is 1. The third-order valence-corrected chi connectivity index (χ3v) is 4.09. The largest absolute Gasteiger partial charge is 0.438 e. The summed E-state index contributed by atoms with van der Waals surface area (Å²) in [5.74, 6) is -2.10. The number of anilines is 2. The number of hydrogen-bond donors (Lipinski definition) is 2. The molecule has 2 N–H and O–H groups in total. The van der Waals surface area contributed by atoms with Crippen molar-refractivity contribution in [1.29, 1.82) is 0 Å². The van der Waals surface area contributed by atoms with Crippen molar-refractivity contribution in [3.63, 3.8) is 0 Å². The molecule has 0 saturated heterocycles. The fourth-order valence-corrected chi connectivity index (χ4v) is 2.70. The number of ether oxygens (including phenoxy) is 1. The molecule has 30 heavy (non-hydrogen) atoms. The normalized spacial score (nSPS) is 10.6. The second-order valence-electron chi connectivity index (χ2n) is 6.14. The van der Waals surface area contributed by atoms with Crippen molar-refractivity contribution in [2.75, 3.05) is 10.6 Å². The van der Waals surface area contributed by atoms with Gasteiger partial charge in [-0.25, -0.2) is 27.9 Å². The van der Waals surface area contributed by atoms with E-state index in [-0.39, 0.29) is 23.0 Å². The summed E-state index contributed by atoms with van der Waals surface area (Å²) in [6.07, 6.45) is 1.34. The Morgan fingerprint density at radius 2 is 1.53 bits per heavy atom. The van der Waals surface area contributed by atoms with Gasteiger partial charge < -0.3 is 15.4 Å². The highest BCUT2D eigenvalue weighted by atomic mass is 19.1. The molecule has 4 rings (SSSR count). The van der Waals surface area contributed by atoms with Gasteiger partial charge in [0.05, 0.1) is 22.3 Å². The third-order valence-electron chi connectivity index (χ3n) is 4.09. The Morgan fingerprint density at radius 3 is 2.27 bits per heavy atom. The van der Waals surface area contributed by atoms with Crippen LogP contribution in [0.1, 0.15) is 0 Å². The minimum Gasteiger partial charge on any atom is -0.438 e. The van der Waals surface area contributed by atoms with Crippen LogP contribution in [0.2, 0.25) is 0 Å². The molecule has 0 saturated carbocycles. The third kappa shape index (κ3) is 4.14. The highest BCUT2D eigenvalue weighted by Gasteiger charge is 2.12. The first-order valence-electron chi connectivity index (χ1n) is 8.70. The Labute approximate surface area is 168 Å². The van der Waals surface area contributed by atoms with Crippen LogP contribution >= 0.6 is 0 Å². The van der Waals surface area contributed by atoms with Crippen LogP contribution in [0.4, 0.5) is 29.3 Å². The van der Waals surface area contributed by atoms with Gasteiger partial charge in [0.15, 0.2) is 0 Å².